The van der Waals surface area contributed by atoms with Crippen LogP contribution in [0.2, 0.25) is 0 Å². The van der Waals surface area contributed by atoms with Gasteiger partial charge in [0.05, 0.1) is 25.9 Å². The fourth-order valence-corrected chi connectivity index (χ4v) is 1.66. The van der Waals surface area contributed by atoms with E-state index >= 15 is 0 Å². The van der Waals surface area contributed by atoms with E-state index in [9.17, 15) is 4.79 Å². The Hall–Kier alpha value is -0.770. The number of aliphatic hydroxyl groups excluding tert-OH is 4. The summed E-state index contributed by atoms with van der Waals surface area (Å²) < 4.78 is 0. The molecule has 0 unspecified atom stereocenters. The summed E-state index contributed by atoms with van der Waals surface area (Å²) in [5.74, 6) is -0.883. The number of β-amino-alcohol motifs (C(OH)–C–C–N with tert-alkyl or cyclic N) is 1. The van der Waals surface area contributed by atoms with Crippen LogP contribution in [0.15, 0.2) is 0 Å². The van der Waals surface area contributed by atoms with Crippen LogP contribution in [0.1, 0.15) is 6.42 Å². The van der Waals surface area contributed by atoms with Gasteiger partial charge in [0, 0.05) is 32.6 Å². The molecule has 1 aliphatic heterocycles. The Morgan fingerprint density at radius 3 is 1.79 bits per heavy atom. The van der Waals surface area contributed by atoms with Crippen molar-refractivity contribution in [3.63, 3.8) is 0 Å². The molecule has 0 aromatic carbocycles. The zero-order valence-corrected chi connectivity index (χ0v) is 10.9. The minimum absolute atomic E-state index is 0.0694. The molecule has 1 rings (SSSR count). The molecular weight excluding hydrogens is 256 g/mol. The Morgan fingerprint density at radius 2 is 1.58 bits per heavy atom. The summed E-state index contributed by atoms with van der Waals surface area (Å²) in [6.45, 7) is 2.15. The van der Waals surface area contributed by atoms with Gasteiger partial charge in [0.15, 0.2) is 0 Å². The summed E-state index contributed by atoms with van der Waals surface area (Å²) >= 11 is 0. The lowest BCUT2D eigenvalue weighted by molar-refractivity contribution is -0.139. The Balaban J connectivity index is 0.000000342. The van der Waals surface area contributed by atoms with Crippen LogP contribution in [-0.2, 0) is 4.79 Å². The van der Waals surface area contributed by atoms with Crippen LogP contribution in [-0.4, -0.2) is 94.5 Å². The van der Waals surface area contributed by atoms with Gasteiger partial charge in [0.1, 0.15) is 6.04 Å². The first-order valence-electron chi connectivity index (χ1n) is 6.24. The minimum atomic E-state index is -0.883. The lowest BCUT2D eigenvalue weighted by Crippen LogP contribution is -2.32. The number of nitrogens with zero attached hydrogens (tertiary/aromatic N) is 1. The predicted molar refractivity (Wildman–Crippen MR) is 67.7 cm³/mol. The highest BCUT2D eigenvalue weighted by Gasteiger charge is 2.27. The average Bonchev–Trinajstić information content (AvgIpc) is 2.78. The van der Waals surface area contributed by atoms with E-state index in [4.69, 9.17) is 25.5 Å². The second kappa shape index (κ2) is 11.1. The third-order valence-corrected chi connectivity index (χ3v) is 2.65. The van der Waals surface area contributed by atoms with Crippen molar-refractivity contribution in [1.82, 2.24) is 10.2 Å². The molecule has 19 heavy (non-hydrogen) atoms. The maximum atomic E-state index is 10.2. The highest BCUT2D eigenvalue weighted by atomic mass is 16.4. The molecule has 0 aliphatic carbocycles. The van der Waals surface area contributed by atoms with Gasteiger partial charge in [0.2, 0.25) is 0 Å². The molecule has 0 aromatic heterocycles. The number of carboxylic acids is 1. The summed E-state index contributed by atoms with van der Waals surface area (Å²) in [5, 5.41) is 45.3. The predicted octanol–water partition coefficient (Wildman–Crippen LogP) is -2.94. The number of aliphatic carboxylic acids is 1. The molecule has 8 nitrogen and oxygen atoms in total. The van der Waals surface area contributed by atoms with E-state index in [0.717, 1.165) is 0 Å². The van der Waals surface area contributed by atoms with Crippen LogP contribution >= 0.6 is 0 Å². The molecule has 8 heteroatoms. The number of carbonyl (C=O) groups is 1. The molecule has 6 N–H and O–H groups in total. The second-order valence-electron chi connectivity index (χ2n) is 4.20. The maximum absolute atomic E-state index is 10.2. The summed E-state index contributed by atoms with van der Waals surface area (Å²) in [6.07, 6.45) is -0.152. The highest BCUT2D eigenvalue weighted by Crippen LogP contribution is 2.05. The minimum Gasteiger partial charge on any atom is -0.480 e. The van der Waals surface area contributed by atoms with Gasteiger partial charge in [-0.1, -0.05) is 0 Å². The van der Waals surface area contributed by atoms with Crippen molar-refractivity contribution < 1.29 is 30.3 Å². The third-order valence-electron chi connectivity index (χ3n) is 2.65. The van der Waals surface area contributed by atoms with Gasteiger partial charge in [-0.15, -0.1) is 0 Å². The SMILES string of the molecule is O=C(O)[C@@H]1C[C@@H](O)CN1.OCCN(CCO)CCO. The number of rotatable bonds is 7. The van der Waals surface area contributed by atoms with Gasteiger partial charge in [0.25, 0.3) is 0 Å². The smallest absolute Gasteiger partial charge is 0.320 e. The van der Waals surface area contributed by atoms with E-state index in [1.165, 1.54) is 0 Å². The summed E-state index contributed by atoms with van der Waals surface area (Å²) in [4.78, 5) is 12.0. The molecule has 114 valence electrons. The summed E-state index contributed by atoms with van der Waals surface area (Å²) in [7, 11) is 0. The molecule has 1 fully saturated rings. The molecule has 1 heterocycles. The average molecular weight is 280 g/mol. The first-order chi connectivity index (χ1) is 9.04. The van der Waals surface area contributed by atoms with Crippen molar-refractivity contribution in [1.29, 1.82) is 0 Å². The fourth-order valence-electron chi connectivity index (χ4n) is 1.66. The fraction of sp³-hybridized carbons (Fsp3) is 0.909. The summed E-state index contributed by atoms with van der Waals surface area (Å²) in [6, 6.07) is -0.542. The van der Waals surface area contributed by atoms with E-state index in [-0.39, 0.29) is 19.8 Å². The first kappa shape index (κ1) is 18.2. The van der Waals surface area contributed by atoms with Crippen LogP contribution in [0.25, 0.3) is 0 Å². The largest absolute Gasteiger partial charge is 0.480 e. The molecule has 2 atom stereocenters. The van der Waals surface area contributed by atoms with E-state index in [1.54, 1.807) is 4.90 Å². The Kier molecular flexibility index (Phi) is 10.6. The normalized spacial score (nSPS) is 22.2. The van der Waals surface area contributed by atoms with Crippen LogP contribution in [0.3, 0.4) is 0 Å². The molecule has 0 amide bonds. The summed E-state index contributed by atoms with van der Waals surface area (Å²) in [5.41, 5.74) is 0. The van der Waals surface area contributed by atoms with Crippen molar-refractivity contribution in [3.8, 4) is 0 Å². The third kappa shape index (κ3) is 8.87. The van der Waals surface area contributed by atoms with E-state index in [2.05, 4.69) is 5.32 Å². The topological polar surface area (TPSA) is 133 Å². The van der Waals surface area contributed by atoms with Crippen molar-refractivity contribution in [2.45, 2.75) is 18.6 Å². The van der Waals surface area contributed by atoms with Gasteiger partial charge in [-0.05, 0) is 0 Å². The van der Waals surface area contributed by atoms with Crippen molar-refractivity contribution >= 4 is 5.97 Å². The molecule has 1 aliphatic rings. The Bertz CT molecular complexity index is 227. The standard InChI is InChI=1S/C6H15NO3.C5H9NO3/c8-4-1-7(2-5-9)3-6-10;7-3-1-4(5(8)9)6-2-3/h8-10H,1-6H2;3-4,6-7H,1-2H2,(H,8,9)/t;3-,4+/m.1/s1. The molecule has 0 spiro atoms. The van der Waals surface area contributed by atoms with E-state index in [0.29, 0.717) is 32.6 Å². The molecule has 0 bridgehead atoms. The van der Waals surface area contributed by atoms with Gasteiger partial charge in [-0.3, -0.25) is 9.69 Å². The number of aliphatic hydroxyl groups is 4. The van der Waals surface area contributed by atoms with Crippen molar-refractivity contribution in [2.24, 2.45) is 0 Å². The monoisotopic (exact) mass is 280 g/mol. The zero-order chi connectivity index (χ0) is 14.7. The molecule has 1 saturated heterocycles. The van der Waals surface area contributed by atoms with Crippen molar-refractivity contribution in [3.05, 3.63) is 0 Å². The van der Waals surface area contributed by atoms with E-state index < -0.39 is 18.1 Å². The van der Waals surface area contributed by atoms with Crippen molar-refractivity contribution in [2.75, 3.05) is 46.0 Å². The second-order valence-corrected chi connectivity index (χ2v) is 4.20. The van der Waals surface area contributed by atoms with Gasteiger partial charge in [-0.2, -0.15) is 0 Å². The van der Waals surface area contributed by atoms with Crippen LogP contribution in [0.5, 0.6) is 0 Å². The van der Waals surface area contributed by atoms with E-state index in [1.807, 2.05) is 0 Å². The van der Waals surface area contributed by atoms with Gasteiger partial charge < -0.3 is 30.8 Å². The molecule has 0 saturated carbocycles. The van der Waals surface area contributed by atoms with Crippen LogP contribution < -0.4 is 5.32 Å². The lowest BCUT2D eigenvalue weighted by Gasteiger charge is -2.17. The van der Waals surface area contributed by atoms with Crippen LogP contribution in [0.4, 0.5) is 0 Å². The number of hydrogen-bond acceptors (Lipinski definition) is 7. The highest BCUT2D eigenvalue weighted by molar-refractivity contribution is 5.73. The Labute approximate surface area is 112 Å². The lowest BCUT2D eigenvalue weighted by atomic mass is 10.2. The zero-order valence-electron chi connectivity index (χ0n) is 10.9. The number of hydrogen-bond donors (Lipinski definition) is 6. The van der Waals surface area contributed by atoms with Crippen LogP contribution in [0, 0.1) is 0 Å². The number of nitrogens with one attached hydrogen (secondary N) is 1. The molecule has 0 aromatic rings. The Morgan fingerprint density at radius 1 is 1.11 bits per heavy atom. The van der Waals surface area contributed by atoms with Gasteiger partial charge >= 0.3 is 5.97 Å². The van der Waals surface area contributed by atoms with Gasteiger partial charge in [-0.25, -0.2) is 0 Å². The first-order valence-corrected chi connectivity index (χ1v) is 6.24. The quantitative estimate of drug-likeness (QED) is 0.292. The maximum Gasteiger partial charge on any atom is 0.320 e. The molecular formula is C11H24N2O6. The molecule has 0 radical (unpaired) electrons. The number of carboxylic acid groups (broad SMARTS) is 1.